The molecule has 2 atom stereocenters. The number of fused-ring (bicyclic) bond motifs is 1. The lowest BCUT2D eigenvalue weighted by Crippen LogP contribution is -3.05. The highest BCUT2D eigenvalue weighted by Gasteiger charge is 2.44. The molecular weight excluding hydrogens is 428 g/mol. The van der Waals surface area contributed by atoms with Crippen LogP contribution in [0.15, 0.2) is 48.0 Å². The van der Waals surface area contributed by atoms with E-state index >= 15 is 0 Å². The summed E-state index contributed by atoms with van der Waals surface area (Å²) in [6.45, 7) is 3.20. The normalized spacial score (nSPS) is 21.8. The highest BCUT2D eigenvalue weighted by Crippen LogP contribution is 2.40. The van der Waals surface area contributed by atoms with Gasteiger partial charge in [-0.2, -0.15) is 0 Å². The van der Waals surface area contributed by atoms with Gasteiger partial charge in [-0.05, 0) is 47.9 Å². The molecule has 0 radical (unpaired) electrons. The van der Waals surface area contributed by atoms with Gasteiger partial charge in [0.1, 0.15) is 11.9 Å². The van der Waals surface area contributed by atoms with Gasteiger partial charge in [0.2, 0.25) is 5.78 Å². The monoisotopic (exact) mass is 454 g/mol. The van der Waals surface area contributed by atoms with Crippen molar-refractivity contribution in [2.45, 2.75) is 31.9 Å². The third-order valence-electron chi connectivity index (χ3n) is 5.93. The lowest BCUT2D eigenvalue weighted by molar-refractivity contribution is -0.858. The number of quaternary nitrogens is 1. The van der Waals surface area contributed by atoms with Gasteiger partial charge in [-0.25, -0.2) is 0 Å². The Labute approximate surface area is 193 Å². The van der Waals surface area contributed by atoms with Crippen LogP contribution in [0.2, 0.25) is 5.02 Å². The summed E-state index contributed by atoms with van der Waals surface area (Å²) in [4.78, 5) is 28.8. The Bertz CT molecular complexity index is 1100. The average Bonchev–Trinajstić information content (AvgIpc) is 3.24. The molecule has 0 aromatic heterocycles. The Morgan fingerprint density at radius 2 is 2.00 bits per heavy atom. The molecule has 2 unspecified atom stereocenters. The van der Waals surface area contributed by atoms with Crippen molar-refractivity contribution in [2.24, 2.45) is 0 Å². The first kappa shape index (κ1) is 22.4. The number of amides is 1. The zero-order valence-corrected chi connectivity index (χ0v) is 19.2. The number of nitrogens with zero attached hydrogens (tertiary/aromatic N) is 1. The van der Waals surface area contributed by atoms with Gasteiger partial charge >= 0.3 is 0 Å². The molecule has 2 aromatic rings. The zero-order chi connectivity index (χ0) is 23.0. The minimum atomic E-state index is -0.748. The predicted molar refractivity (Wildman–Crippen MR) is 120 cm³/mol. The smallest absolute Gasteiger partial charge is 0.295 e. The van der Waals surface area contributed by atoms with E-state index in [4.69, 9.17) is 16.3 Å². The Kier molecular flexibility index (Phi) is 6.26. The number of ether oxygens (including phenoxy) is 1. The third kappa shape index (κ3) is 4.25. The molecule has 168 valence electrons. The molecule has 6 nitrogen and oxygen atoms in total. The number of carbonyl (C=O) groups is 2. The van der Waals surface area contributed by atoms with Crippen LogP contribution in [-0.4, -0.2) is 49.9 Å². The second-order valence-corrected chi connectivity index (χ2v) is 9.23. The van der Waals surface area contributed by atoms with Gasteiger partial charge in [0, 0.05) is 30.0 Å². The number of Topliss-reactive ketones (excluding diaryl/α,β-unsaturated/α-hetero) is 1. The third-order valence-corrected chi connectivity index (χ3v) is 6.16. The summed E-state index contributed by atoms with van der Waals surface area (Å²) < 4.78 is 5.73. The fourth-order valence-corrected chi connectivity index (χ4v) is 4.64. The molecule has 0 bridgehead atoms. The van der Waals surface area contributed by atoms with Crippen LogP contribution in [0.4, 0.5) is 0 Å². The second-order valence-electron chi connectivity index (χ2n) is 8.79. The number of halogens is 1. The molecule has 1 amide bonds. The summed E-state index contributed by atoms with van der Waals surface area (Å²) in [5.74, 6) is -1.03. The van der Waals surface area contributed by atoms with E-state index in [1.54, 1.807) is 42.5 Å². The van der Waals surface area contributed by atoms with E-state index in [2.05, 4.69) is 0 Å². The Hall–Kier alpha value is -2.83. The number of rotatable bonds is 6. The van der Waals surface area contributed by atoms with Crippen LogP contribution in [0, 0.1) is 0 Å². The fourth-order valence-electron chi connectivity index (χ4n) is 4.45. The van der Waals surface area contributed by atoms with Crippen LogP contribution >= 0.6 is 11.6 Å². The number of hydrogen-bond donors (Lipinski definition) is 1. The summed E-state index contributed by atoms with van der Waals surface area (Å²) >= 11 is 6.21. The molecule has 2 heterocycles. The summed E-state index contributed by atoms with van der Waals surface area (Å²) in [6.07, 6.45) is 1.47. The van der Waals surface area contributed by atoms with Crippen LogP contribution in [0.3, 0.4) is 0 Å². The Morgan fingerprint density at radius 1 is 1.22 bits per heavy atom. The van der Waals surface area contributed by atoms with Gasteiger partial charge in [-0.1, -0.05) is 35.6 Å². The molecule has 0 spiro atoms. The summed E-state index contributed by atoms with van der Waals surface area (Å²) in [7, 11) is 4.07. The SMILES string of the molecule is CC1Cc2cc(C([O-])=C3C(=O)C(=O)N(CCC[NH+](C)C)C3c3cccc(Cl)c3)ccc2O1. The molecule has 32 heavy (non-hydrogen) atoms. The van der Waals surface area contributed by atoms with Crippen molar-refractivity contribution in [2.75, 3.05) is 27.2 Å². The van der Waals surface area contributed by atoms with Gasteiger partial charge < -0.3 is 19.6 Å². The first-order chi connectivity index (χ1) is 15.3. The number of likely N-dealkylation sites (tertiary alicyclic amines) is 1. The van der Waals surface area contributed by atoms with Gasteiger partial charge in [-0.15, -0.1) is 0 Å². The van der Waals surface area contributed by atoms with Gasteiger partial charge in [0.25, 0.3) is 5.91 Å². The molecule has 4 rings (SSSR count). The van der Waals surface area contributed by atoms with E-state index < -0.39 is 23.5 Å². The average molecular weight is 455 g/mol. The van der Waals surface area contributed by atoms with Crippen molar-refractivity contribution >= 4 is 29.1 Å². The van der Waals surface area contributed by atoms with Crippen molar-refractivity contribution < 1.29 is 24.3 Å². The van der Waals surface area contributed by atoms with Crippen LogP contribution < -0.4 is 14.7 Å². The Balaban J connectivity index is 1.78. The maximum Gasteiger partial charge on any atom is 0.295 e. The maximum absolute atomic E-state index is 13.6. The molecule has 2 aromatic carbocycles. The molecule has 0 aliphatic carbocycles. The topological polar surface area (TPSA) is 74.1 Å². The highest BCUT2D eigenvalue weighted by atomic mass is 35.5. The molecule has 1 saturated heterocycles. The minimum Gasteiger partial charge on any atom is -0.872 e. The predicted octanol–water partition coefficient (Wildman–Crippen LogP) is 1.42. The first-order valence-corrected chi connectivity index (χ1v) is 11.2. The molecule has 0 saturated carbocycles. The fraction of sp³-hybridized carbons (Fsp3) is 0.360. The van der Waals surface area contributed by atoms with Gasteiger partial charge in [0.05, 0.1) is 26.7 Å². The number of carbonyl (C=O) groups excluding carboxylic acids is 2. The molecule has 1 N–H and O–H groups in total. The summed E-state index contributed by atoms with van der Waals surface area (Å²) in [6, 6.07) is 11.5. The van der Waals surface area contributed by atoms with E-state index in [9.17, 15) is 14.7 Å². The van der Waals surface area contributed by atoms with E-state index in [1.807, 2.05) is 21.0 Å². The first-order valence-electron chi connectivity index (χ1n) is 10.9. The van der Waals surface area contributed by atoms with Crippen LogP contribution in [0.1, 0.15) is 36.1 Å². The van der Waals surface area contributed by atoms with E-state index in [-0.39, 0.29) is 11.7 Å². The largest absolute Gasteiger partial charge is 0.872 e. The molecule has 1 fully saturated rings. The van der Waals surface area contributed by atoms with Crippen molar-refractivity contribution in [3.8, 4) is 5.75 Å². The maximum atomic E-state index is 13.6. The highest BCUT2D eigenvalue weighted by molar-refractivity contribution is 6.46. The number of ketones is 1. The molecule has 2 aliphatic heterocycles. The number of benzene rings is 2. The van der Waals surface area contributed by atoms with Crippen molar-refractivity contribution in [1.29, 1.82) is 0 Å². The minimum absolute atomic E-state index is 0.0126. The number of nitrogens with one attached hydrogen (secondary N) is 1. The van der Waals surface area contributed by atoms with E-state index in [0.29, 0.717) is 35.5 Å². The Morgan fingerprint density at radius 3 is 2.72 bits per heavy atom. The van der Waals surface area contributed by atoms with E-state index in [1.165, 1.54) is 9.80 Å². The van der Waals surface area contributed by atoms with Crippen LogP contribution in [-0.2, 0) is 16.0 Å². The van der Waals surface area contributed by atoms with E-state index in [0.717, 1.165) is 17.9 Å². The lowest BCUT2D eigenvalue weighted by Gasteiger charge is -2.28. The van der Waals surface area contributed by atoms with Crippen LogP contribution in [0.25, 0.3) is 5.76 Å². The van der Waals surface area contributed by atoms with Gasteiger partial charge in [-0.3, -0.25) is 9.59 Å². The second kappa shape index (κ2) is 8.96. The molecule has 2 aliphatic rings. The van der Waals surface area contributed by atoms with Crippen molar-refractivity contribution in [3.63, 3.8) is 0 Å². The van der Waals surface area contributed by atoms with Crippen molar-refractivity contribution in [3.05, 3.63) is 69.8 Å². The quantitative estimate of drug-likeness (QED) is 0.407. The summed E-state index contributed by atoms with van der Waals surface area (Å²) in [5, 5.41) is 14.1. The standard InChI is InChI=1S/C25H27ClN2O4/c1-15-12-18-13-17(8-9-20(18)32-15)23(29)21-22(16-6-4-7-19(26)14-16)28(25(31)24(21)30)11-5-10-27(2)3/h4,6-9,13-15,22,29H,5,10-12H2,1-3H3. The summed E-state index contributed by atoms with van der Waals surface area (Å²) in [5.41, 5.74) is 1.98. The molecular formula is C25H27ClN2O4. The van der Waals surface area contributed by atoms with Gasteiger partial charge in [0.15, 0.2) is 0 Å². The lowest BCUT2D eigenvalue weighted by atomic mass is 9.94. The van der Waals surface area contributed by atoms with Crippen molar-refractivity contribution in [1.82, 2.24) is 4.90 Å². The van der Waals surface area contributed by atoms with Crippen LogP contribution in [0.5, 0.6) is 5.75 Å². The zero-order valence-electron chi connectivity index (χ0n) is 18.5. The number of hydrogen-bond acceptors (Lipinski definition) is 4. The molecule has 7 heteroatoms.